The number of esters is 1. The second-order valence-electron chi connectivity index (χ2n) is 6.78. The number of hydrogen-bond donors (Lipinski definition) is 1. The molecule has 3 heterocycles. The highest BCUT2D eigenvalue weighted by atomic mass is 35.5. The number of nitrogens with one attached hydrogen (secondary N) is 1. The lowest BCUT2D eigenvalue weighted by molar-refractivity contribution is -0.113. The molecule has 0 saturated carbocycles. The molecule has 1 saturated heterocycles. The molecule has 3 aromatic rings. The first-order valence-electron chi connectivity index (χ1n) is 9.61. The zero-order valence-corrected chi connectivity index (χ0v) is 19.1. The van der Waals surface area contributed by atoms with Crippen LogP contribution < -0.4 is 10.2 Å². The van der Waals surface area contributed by atoms with Crippen LogP contribution in [0.1, 0.15) is 22.5 Å². The maximum Gasteiger partial charge on any atom is 0.350 e. The van der Waals surface area contributed by atoms with E-state index in [1.807, 2.05) is 28.8 Å². The van der Waals surface area contributed by atoms with Crippen molar-refractivity contribution in [3.63, 3.8) is 0 Å². The van der Waals surface area contributed by atoms with E-state index in [1.165, 1.54) is 30.2 Å². The van der Waals surface area contributed by atoms with Crippen molar-refractivity contribution in [1.29, 1.82) is 0 Å². The maximum absolute atomic E-state index is 12.5. The van der Waals surface area contributed by atoms with Gasteiger partial charge in [-0.3, -0.25) is 9.36 Å². The molecule has 162 valence electrons. The fourth-order valence-electron chi connectivity index (χ4n) is 3.29. The van der Waals surface area contributed by atoms with E-state index >= 15 is 0 Å². The van der Waals surface area contributed by atoms with Crippen molar-refractivity contribution in [2.75, 3.05) is 36.2 Å². The van der Waals surface area contributed by atoms with Gasteiger partial charge in [0.05, 0.1) is 24.2 Å². The third kappa shape index (κ3) is 4.86. The van der Waals surface area contributed by atoms with Gasteiger partial charge in [-0.25, -0.2) is 4.79 Å². The van der Waals surface area contributed by atoms with E-state index in [0.717, 1.165) is 37.6 Å². The minimum absolute atomic E-state index is 0.106. The summed E-state index contributed by atoms with van der Waals surface area (Å²) in [5, 5.41) is 14.4. The van der Waals surface area contributed by atoms with Gasteiger partial charge in [0.25, 0.3) is 0 Å². The Hall–Kier alpha value is -2.56. The van der Waals surface area contributed by atoms with Crippen LogP contribution in [-0.2, 0) is 9.53 Å². The Kier molecular flexibility index (Phi) is 6.79. The van der Waals surface area contributed by atoms with Crippen LogP contribution in [0.15, 0.2) is 40.9 Å². The largest absolute Gasteiger partial charge is 0.465 e. The number of anilines is 2. The highest BCUT2D eigenvalue weighted by Gasteiger charge is 2.23. The van der Waals surface area contributed by atoms with E-state index in [-0.39, 0.29) is 11.7 Å². The van der Waals surface area contributed by atoms with Gasteiger partial charge < -0.3 is 15.0 Å². The van der Waals surface area contributed by atoms with Gasteiger partial charge >= 0.3 is 5.97 Å². The van der Waals surface area contributed by atoms with Crippen molar-refractivity contribution in [3.05, 3.63) is 45.6 Å². The van der Waals surface area contributed by atoms with Crippen LogP contribution in [0, 0.1) is 0 Å². The van der Waals surface area contributed by atoms with Crippen LogP contribution >= 0.6 is 34.7 Å². The van der Waals surface area contributed by atoms with Crippen LogP contribution in [0.5, 0.6) is 0 Å². The molecule has 0 bridgehead atoms. The SMILES string of the molecule is COC(=O)c1sccc1NC(=O)CSc1nnc(N2CCCC2)n1-c1cccc(Cl)c1. The summed E-state index contributed by atoms with van der Waals surface area (Å²) in [5.41, 5.74) is 1.28. The summed E-state index contributed by atoms with van der Waals surface area (Å²) in [6, 6.07) is 9.15. The number of thioether (sulfide) groups is 1. The average Bonchev–Trinajstić information content (AvgIpc) is 3.51. The predicted octanol–water partition coefficient (Wildman–Crippen LogP) is 4.10. The number of halogens is 1. The fraction of sp³-hybridized carbons (Fsp3) is 0.300. The van der Waals surface area contributed by atoms with Crippen molar-refractivity contribution in [1.82, 2.24) is 14.8 Å². The third-order valence-corrected chi connectivity index (χ3v) is 6.77. The monoisotopic (exact) mass is 477 g/mol. The predicted molar refractivity (Wildman–Crippen MR) is 123 cm³/mol. The first kappa shape index (κ1) is 21.7. The molecule has 8 nitrogen and oxygen atoms in total. The number of aromatic nitrogens is 3. The van der Waals surface area contributed by atoms with Crippen LogP contribution in [0.2, 0.25) is 5.02 Å². The summed E-state index contributed by atoms with van der Waals surface area (Å²) < 4.78 is 6.68. The lowest BCUT2D eigenvalue weighted by atomic mass is 10.3. The Bertz CT molecular complexity index is 1090. The maximum atomic E-state index is 12.5. The Morgan fingerprint density at radius 1 is 1.26 bits per heavy atom. The Morgan fingerprint density at radius 2 is 2.06 bits per heavy atom. The van der Waals surface area contributed by atoms with Gasteiger partial charge in [-0.15, -0.1) is 21.5 Å². The van der Waals surface area contributed by atoms with Crippen LogP contribution in [0.4, 0.5) is 11.6 Å². The number of rotatable bonds is 7. The summed E-state index contributed by atoms with van der Waals surface area (Å²) in [5.74, 6) is 0.120. The van der Waals surface area contributed by atoms with Gasteiger partial charge in [0.1, 0.15) is 4.88 Å². The molecule has 0 spiro atoms. The van der Waals surface area contributed by atoms with Crippen molar-refractivity contribution in [3.8, 4) is 5.69 Å². The summed E-state index contributed by atoms with van der Waals surface area (Å²) in [6.45, 7) is 1.83. The fourth-order valence-corrected chi connectivity index (χ4v) is 4.99. The van der Waals surface area contributed by atoms with Crippen LogP contribution in [0.25, 0.3) is 5.69 Å². The smallest absolute Gasteiger partial charge is 0.350 e. The van der Waals surface area contributed by atoms with Crippen molar-refractivity contribution in [2.24, 2.45) is 0 Å². The number of amides is 1. The number of thiophene rings is 1. The van der Waals surface area contributed by atoms with Crippen molar-refractivity contribution in [2.45, 2.75) is 18.0 Å². The van der Waals surface area contributed by atoms with Gasteiger partial charge in [-0.1, -0.05) is 29.4 Å². The molecule has 1 amide bonds. The second kappa shape index (κ2) is 9.71. The van der Waals surface area contributed by atoms with Gasteiger partial charge in [0.15, 0.2) is 5.16 Å². The van der Waals surface area contributed by atoms with Gasteiger partial charge in [-0.2, -0.15) is 0 Å². The number of methoxy groups -OCH3 is 1. The van der Waals surface area contributed by atoms with E-state index < -0.39 is 5.97 Å². The molecule has 1 aromatic carbocycles. The third-order valence-electron chi connectivity index (χ3n) is 4.71. The molecule has 0 unspecified atom stereocenters. The van der Waals surface area contributed by atoms with Crippen LogP contribution in [-0.4, -0.2) is 52.6 Å². The van der Waals surface area contributed by atoms with E-state index in [2.05, 4.69) is 20.4 Å². The summed E-state index contributed by atoms with van der Waals surface area (Å²) in [6.07, 6.45) is 2.22. The summed E-state index contributed by atoms with van der Waals surface area (Å²) in [4.78, 5) is 26.9. The molecule has 4 rings (SSSR count). The Labute approximate surface area is 192 Å². The number of ether oxygens (including phenoxy) is 1. The zero-order valence-electron chi connectivity index (χ0n) is 16.7. The summed E-state index contributed by atoms with van der Waals surface area (Å²) >= 11 is 8.70. The number of hydrogen-bond acceptors (Lipinski definition) is 8. The van der Waals surface area contributed by atoms with Crippen molar-refractivity contribution >= 4 is 58.2 Å². The van der Waals surface area contributed by atoms with Gasteiger partial charge in [0, 0.05) is 18.1 Å². The number of benzene rings is 1. The van der Waals surface area contributed by atoms with Gasteiger partial charge in [-0.05, 0) is 42.5 Å². The second-order valence-corrected chi connectivity index (χ2v) is 9.08. The molecule has 31 heavy (non-hydrogen) atoms. The quantitative estimate of drug-likeness (QED) is 0.404. The zero-order chi connectivity index (χ0) is 21.8. The standard InChI is InChI=1S/C20H20ClN5O3S2/c1-29-18(28)17-15(7-10-30-17)22-16(27)12-31-20-24-23-19(25-8-2-3-9-25)26(20)14-6-4-5-13(21)11-14/h4-7,10-11H,2-3,8-9,12H2,1H3,(H,22,27). The van der Waals surface area contributed by atoms with Crippen LogP contribution in [0.3, 0.4) is 0 Å². The molecule has 11 heteroatoms. The van der Waals surface area contributed by atoms with E-state index in [1.54, 1.807) is 11.4 Å². The molecule has 1 N–H and O–H groups in total. The minimum Gasteiger partial charge on any atom is -0.465 e. The molecular formula is C20H20ClN5O3S2. The molecule has 0 radical (unpaired) electrons. The number of carbonyl (C=O) groups excluding carboxylic acids is 2. The normalized spacial score (nSPS) is 13.4. The molecule has 0 atom stereocenters. The van der Waals surface area contributed by atoms with E-state index in [0.29, 0.717) is 20.7 Å². The lowest BCUT2D eigenvalue weighted by Crippen LogP contribution is -2.22. The molecule has 2 aromatic heterocycles. The Morgan fingerprint density at radius 3 is 2.81 bits per heavy atom. The molecule has 1 aliphatic rings. The van der Waals surface area contributed by atoms with Crippen molar-refractivity contribution < 1.29 is 14.3 Å². The minimum atomic E-state index is -0.478. The van der Waals surface area contributed by atoms with E-state index in [9.17, 15) is 9.59 Å². The number of nitrogens with zero attached hydrogens (tertiary/aromatic N) is 4. The molecule has 1 fully saturated rings. The topological polar surface area (TPSA) is 89.3 Å². The Balaban J connectivity index is 1.53. The summed E-state index contributed by atoms with van der Waals surface area (Å²) in [7, 11) is 1.31. The first-order chi connectivity index (χ1) is 15.1. The highest BCUT2D eigenvalue weighted by molar-refractivity contribution is 7.99. The molecular weight excluding hydrogens is 458 g/mol. The van der Waals surface area contributed by atoms with Gasteiger partial charge in [0.2, 0.25) is 11.9 Å². The average molecular weight is 478 g/mol. The van der Waals surface area contributed by atoms with E-state index in [4.69, 9.17) is 16.3 Å². The lowest BCUT2D eigenvalue weighted by Gasteiger charge is -2.18. The molecule has 1 aliphatic heterocycles. The first-order valence-corrected chi connectivity index (χ1v) is 11.9. The molecule has 0 aliphatic carbocycles. The number of carbonyl (C=O) groups is 2. The highest BCUT2D eigenvalue weighted by Crippen LogP contribution is 2.30.